The highest BCUT2D eigenvalue weighted by atomic mass is 32.1. The molecule has 0 aliphatic carbocycles. The van der Waals surface area contributed by atoms with E-state index >= 15 is 0 Å². The molecule has 0 unspecified atom stereocenters. The first-order valence-corrected chi connectivity index (χ1v) is 7.30. The van der Waals surface area contributed by atoms with Gasteiger partial charge in [0, 0.05) is 7.05 Å². The molecule has 2 rings (SSSR count). The summed E-state index contributed by atoms with van der Waals surface area (Å²) in [5.74, 6) is 1.37. The number of H-pyrrole nitrogens is 1. The molecule has 2 aromatic rings. The fourth-order valence-electron chi connectivity index (χ4n) is 2.06. The van der Waals surface area contributed by atoms with Crippen LogP contribution in [0, 0.1) is 4.77 Å². The Kier molecular flexibility index (Phi) is 4.65. The maximum Gasteiger partial charge on any atom is 0.230 e. The third-order valence-electron chi connectivity index (χ3n) is 3.76. The van der Waals surface area contributed by atoms with Crippen LogP contribution in [0.3, 0.4) is 0 Å². The molecule has 0 spiro atoms. The molecule has 1 aromatic carbocycles. The van der Waals surface area contributed by atoms with E-state index in [-0.39, 0.29) is 5.91 Å². The summed E-state index contributed by atoms with van der Waals surface area (Å²) >= 11 is 5.05. The topological polar surface area (TPSA) is 71.9 Å². The molecule has 1 heterocycles. The summed E-state index contributed by atoms with van der Waals surface area (Å²) in [5.41, 5.74) is 0.263. The highest BCUT2D eigenvalue weighted by molar-refractivity contribution is 7.71. The number of amides is 1. The van der Waals surface area contributed by atoms with E-state index in [0.29, 0.717) is 17.1 Å². The minimum absolute atomic E-state index is 0.0772. The predicted molar refractivity (Wildman–Crippen MR) is 86.3 cm³/mol. The highest BCUT2D eigenvalue weighted by Crippen LogP contribution is 2.25. The van der Waals surface area contributed by atoms with Crippen molar-refractivity contribution in [3.8, 4) is 5.75 Å². The molecular formula is C15H20N4O2S. The molecule has 7 heteroatoms. The molecule has 0 saturated carbocycles. The van der Waals surface area contributed by atoms with Crippen LogP contribution in [0.5, 0.6) is 5.75 Å². The van der Waals surface area contributed by atoms with Crippen molar-refractivity contribution in [2.75, 3.05) is 7.11 Å². The van der Waals surface area contributed by atoms with Gasteiger partial charge in [0.2, 0.25) is 5.91 Å². The summed E-state index contributed by atoms with van der Waals surface area (Å²) < 4.78 is 7.40. The van der Waals surface area contributed by atoms with Crippen molar-refractivity contribution in [1.29, 1.82) is 0 Å². The van der Waals surface area contributed by atoms with Crippen molar-refractivity contribution < 1.29 is 9.53 Å². The van der Waals surface area contributed by atoms with Crippen LogP contribution >= 0.6 is 12.2 Å². The molecule has 22 heavy (non-hydrogen) atoms. The molecule has 0 saturated heterocycles. The molecule has 0 radical (unpaired) electrons. The molecule has 0 aliphatic rings. The van der Waals surface area contributed by atoms with Gasteiger partial charge >= 0.3 is 0 Å². The molecule has 6 nitrogen and oxygen atoms in total. The number of carbonyl (C=O) groups excluding carboxylic acids is 1. The second-order valence-corrected chi connectivity index (χ2v) is 5.93. The average molecular weight is 320 g/mol. The van der Waals surface area contributed by atoms with Crippen molar-refractivity contribution in [3.05, 3.63) is 40.4 Å². The summed E-state index contributed by atoms with van der Waals surface area (Å²) in [4.78, 5) is 12.5. The number of nitrogens with zero attached hydrogens (tertiary/aromatic N) is 2. The smallest absolute Gasteiger partial charge is 0.230 e. The quantitative estimate of drug-likeness (QED) is 0.828. The summed E-state index contributed by atoms with van der Waals surface area (Å²) in [6.45, 7) is 4.09. The molecule has 2 N–H and O–H groups in total. The Bertz CT molecular complexity index is 716. The first kappa shape index (κ1) is 16.2. The number of nitrogens with one attached hydrogen (secondary N) is 2. The largest absolute Gasteiger partial charge is 0.497 e. The van der Waals surface area contributed by atoms with E-state index < -0.39 is 5.41 Å². The number of hydrogen-bond acceptors (Lipinski definition) is 4. The van der Waals surface area contributed by atoms with Crippen LogP contribution in [0.2, 0.25) is 0 Å². The lowest BCUT2D eigenvalue weighted by atomic mass is 9.83. The molecule has 1 aromatic heterocycles. The highest BCUT2D eigenvalue weighted by Gasteiger charge is 2.29. The van der Waals surface area contributed by atoms with Gasteiger partial charge in [0.1, 0.15) is 5.75 Å². The van der Waals surface area contributed by atoms with Gasteiger partial charge < -0.3 is 14.6 Å². The Hall–Kier alpha value is -2.15. The molecule has 118 valence electrons. The van der Waals surface area contributed by atoms with Crippen molar-refractivity contribution in [1.82, 2.24) is 20.1 Å². The Morgan fingerprint density at radius 1 is 1.41 bits per heavy atom. The number of aromatic nitrogens is 3. The second kappa shape index (κ2) is 6.31. The lowest BCUT2D eigenvalue weighted by Gasteiger charge is -2.24. The van der Waals surface area contributed by atoms with E-state index in [4.69, 9.17) is 17.0 Å². The zero-order chi connectivity index (χ0) is 16.3. The van der Waals surface area contributed by atoms with E-state index in [2.05, 4.69) is 15.5 Å². The van der Waals surface area contributed by atoms with E-state index in [1.54, 1.807) is 11.7 Å². The number of ether oxygens (including phenoxy) is 1. The van der Waals surface area contributed by atoms with Gasteiger partial charge in [0.05, 0.1) is 19.1 Å². The van der Waals surface area contributed by atoms with Crippen LogP contribution in [0.25, 0.3) is 0 Å². The van der Waals surface area contributed by atoms with Gasteiger partial charge in [-0.05, 0) is 43.8 Å². The number of methoxy groups -OCH3 is 1. The van der Waals surface area contributed by atoms with Crippen molar-refractivity contribution in [3.63, 3.8) is 0 Å². The Morgan fingerprint density at radius 3 is 2.55 bits per heavy atom. The third kappa shape index (κ3) is 3.19. The first-order valence-electron chi connectivity index (χ1n) is 6.89. The number of benzene rings is 1. The summed E-state index contributed by atoms with van der Waals surface area (Å²) in [6, 6.07) is 7.49. The maximum atomic E-state index is 12.5. The lowest BCUT2D eigenvalue weighted by Crippen LogP contribution is -2.40. The normalized spacial score (nSPS) is 11.3. The fourth-order valence-corrected chi connectivity index (χ4v) is 2.21. The Morgan fingerprint density at radius 2 is 2.05 bits per heavy atom. The maximum absolute atomic E-state index is 12.5. The van der Waals surface area contributed by atoms with Crippen molar-refractivity contribution >= 4 is 18.1 Å². The van der Waals surface area contributed by atoms with E-state index in [0.717, 1.165) is 11.3 Å². The van der Waals surface area contributed by atoms with Crippen LogP contribution in [0.4, 0.5) is 0 Å². The van der Waals surface area contributed by atoms with Gasteiger partial charge in [0.15, 0.2) is 10.6 Å². The minimum Gasteiger partial charge on any atom is -0.497 e. The van der Waals surface area contributed by atoms with E-state index in [1.165, 1.54) is 0 Å². The van der Waals surface area contributed by atoms with Gasteiger partial charge in [-0.15, -0.1) is 0 Å². The monoisotopic (exact) mass is 320 g/mol. The van der Waals surface area contributed by atoms with Crippen LogP contribution < -0.4 is 10.1 Å². The van der Waals surface area contributed by atoms with Gasteiger partial charge in [0.25, 0.3) is 0 Å². The Balaban J connectivity index is 2.09. The van der Waals surface area contributed by atoms with Gasteiger partial charge in [-0.2, -0.15) is 5.10 Å². The van der Waals surface area contributed by atoms with Crippen LogP contribution in [-0.2, 0) is 23.8 Å². The van der Waals surface area contributed by atoms with E-state index in [1.807, 2.05) is 45.2 Å². The summed E-state index contributed by atoms with van der Waals surface area (Å²) in [7, 11) is 3.42. The first-order chi connectivity index (χ1) is 10.4. The molecule has 0 bridgehead atoms. The summed E-state index contributed by atoms with van der Waals surface area (Å²) in [5, 5.41) is 9.67. The number of carbonyl (C=O) groups is 1. The number of rotatable bonds is 5. The zero-order valence-electron chi connectivity index (χ0n) is 13.1. The number of hydrogen-bond donors (Lipinski definition) is 2. The van der Waals surface area contributed by atoms with Crippen molar-refractivity contribution in [2.45, 2.75) is 25.8 Å². The molecule has 1 amide bonds. The van der Waals surface area contributed by atoms with Crippen molar-refractivity contribution in [2.24, 2.45) is 7.05 Å². The second-order valence-electron chi connectivity index (χ2n) is 5.54. The molecule has 0 fully saturated rings. The van der Waals surface area contributed by atoms with Gasteiger partial charge in [-0.3, -0.25) is 9.89 Å². The van der Waals surface area contributed by atoms with Crippen LogP contribution in [0.15, 0.2) is 24.3 Å². The molecular weight excluding hydrogens is 300 g/mol. The minimum atomic E-state index is -0.655. The zero-order valence-corrected chi connectivity index (χ0v) is 14.0. The fraction of sp³-hybridized carbons (Fsp3) is 0.400. The molecule has 0 aliphatic heterocycles. The van der Waals surface area contributed by atoms with Gasteiger partial charge in [-0.25, -0.2) is 0 Å². The van der Waals surface area contributed by atoms with Crippen LogP contribution in [-0.4, -0.2) is 27.8 Å². The van der Waals surface area contributed by atoms with Crippen LogP contribution in [0.1, 0.15) is 25.2 Å². The summed E-state index contributed by atoms with van der Waals surface area (Å²) in [6.07, 6.45) is 0. The Labute approximate surface area is 134 Å². The standard InChI is InChI=1S/C15H20N4O2S/c1-15(2,10-5-7-11(21-4)8-6-10)13(20)16-9-12-17-18-14(22)19(12)3/h5-8H,9H2,1-4H3,(H,16,20)(H,18,22). The van der Waals surface area contributed by atoms with E-state index in [9.17, 15) is 4.79 Å². The predicted octanol–water partition coefficient (Wildman–Crippen LogP) is 2.08. The number of aromatic amines is 1. The third-order valence-corrected chi connectivity index (χ3v) is 4.12. The average Bonchev–Trinajstić information content (AvgIpc) is 2.84. The molecule has 0 atom stereocenters. The SMILES string of the molecule is COc1ccc(C(C)(C)C(=O)NCc2n[nH]c(=S)n2C)cc1. The lowest BCUT2D eigenvalue weighted by molar-refractivity contribution is -0.125. The van der Waals surface area contributed by atoms with Gasteiger partial charge in [-0.1, -0.05) is 12.1 Å².